The van der Waals surface area contributed by atoms with Crippen LogP contribution in [0, 0.1) is 13.8 Å². The van der Waals surface area contributed by atoms with E-state index in [-0.39, 0.29) is 5.91 Å². The summed E-state index contributed by atoms with van der Waals surface area (Å²) in [5, 5.41) is 6.49. The second kappa shape index (κ2) is 8.61. The van der Waals surface area contributed by atoms with Crippen LogP contribution in [0.4, 0.5) is 11.6 Å². The third kappa shape index (κ3) is 5.18. The quantitative estimate of drug-likeness (QED) is 0.749. The molecule has 0 atom stereocenters. The molecule has 7 heteroatoms. The highest BCUT2D eigenvalue weighted by Gasteiger charge is 2.11. The van der Waals surface area contributed by atoms with Gasteiger partial charge in [0.25, 0.3) is 5.91 Å². The number of carbonyl (C=O) groups is 1. The van der Waals surface area contributed by atoms with Crippen molar-refractivity contribution in [3.05, 3.63) is 46.2 Å². The SMILES string of the molecule is COCCCNc1nc(C)cc(C(=O)Nc2ccc(C)c(Cl)c2)n1. The van der Waals surface area contributed by atoms with Gasteiger partial charge in [0.05, 0.1) is 0 Å². The molecule has 6 nitrogen and oxygen atoms in total. The molecule has 2 rings (SSSR count). The molecule has 0 radical (unpaired) electrons. The minimum absolute atomic E-state index is 0.299. The van der Waals surface area contributed by atoms with Gasteiger partial charge in [0.15, 0.2) is 0 Å². The predicted molar refractivity (Wildman–Crippen MR) is 95.9 cm³/mol. The molecule has 0 fully saturated rings. The average molecular weight is 349 g/mol. The van der Waals surface area contributed by atoms with E-state index in [1.807, 2.05) is 19.9 Å². The van der Waals surface area contributed by atoms with E-state index in [1.165, 1.54) is 0 Å². The highest BCUT2D eigenvalue weighted by molar-refractivity contribution is 6.31. The number of nitrogens with zero attached hydrogens (tertiary/aromatic N) is 2. The standard InChI is InChI=1S/C17H21ClN4O2/c1-11-5-6-13(10-14(11)18)21-16(23)15-9-12(2)20-17(22-15)19-7-4-8-24-3/h5-6,9-10H,4,7-8H2,1-3H3,(H,21,23)(H,19,20,22). The Labute approximate surface area is 146 Å². The van der Waals surface area contributed by atoms with Crippen molar-refractivity contribution in [3.8, 4) is 0 Å². The molecule has 24 heavy (non-hydrogen) atoms. The molecule has 0 spiro atoms. The van der Waals surface area contributed by atoms with Crippen molar-refractivity contribution >= 4 is 29.1 Å². The molecule has 1 aromatic heterocycles. The lowest BCUT2D eigenvalue weighted by molar-refractivity contribution is 0.102. The zero-order valence-corrected chi connectivity index (χ0v) is 14.8. The smallest absolute Gasteiger partial charge is 0.274 e. The normalized spacial score (nSPS) is 10.5. The molecule has 1 amide bonds. The van der Waals surface area contributed by atoms with Crippen molar-refractivity contribution in [1.29, 1.82) is 0 Å². The predicted octanol–water partition coefficient (Wildman–Crippen LogP) is 3.45. The Hall–Kier alpha value is -2.18. The lowest BCUT2D eigenvalue weighted by Gasteiger charge is -2.09. The topological polar surface area (TPSA) is 76.1 Å². The van der Waals surface area contributed by atoms with E-state index in [0.717, 1.165) is 12.0 Å². The molecule has 0 saturated heterocycles. The molecular formula is C17H21ClN4O2. The first-order chi connectivity index (χ1) is 11.5. The van der Waals surface area contributed by atoms with E-state index in [1.54, 1.807) is 25.3 Å². The Morgan fingerprint density at radius 2 is 2.04 bits per heavy atom. The molecule has 0 unspecified atom stereocenters. The molecule has 2 N–H and O–H groups in total. The lowest BCUT2D eigenvalue weighted by atomic mass is 10.2. The van der Waals surface area contributed by atoms with E-state index in [0.29, 0.717) is 41.2 Å². The molecule has 1 aromatic carbocycles. The molecule has 1 heterocycles. The Kier molecular flexibility index (Phi) is 6.52. The van der Waals surface area contributed by atoms with E-state index in [4.69, 9.17) is 16.3 Å². The largest absolute Gasteiger partial charge is 0.385 e. The number of carbonyl (C=O) groups excluding carboxylic acids is 1. The van der Waals surface area contributed by atoms with Crippen LogP contribution >= 0.6 is 11.6 Å². The maximum absolute atomic E-state index is 12.4. The lowest BCUT2D eigenvalue weighted by Crippen LogP contribution is -2.16. The first-order valence-corrected chi connectivity index (χ1v) is 8.03. The van der Waals surface area contributed by atoms with Crippen molar-refractivity contribution in [3.63, 3.8) is 0 Å². The number of benzene rings is 1. The number of rotatable bonds is 7. The Balaban J connectivity index is 2.07. The first-order valence-electron chi connectivity index (χ1n) is 7.65. The van der Waals surface area contributed by atoms with Gasteiger partial charge in [-0.15, -0.1) is 0 Å². The summed E-state index contributed by atoms with van der Waals surface area (Å²) in [5.74, 6) is 0.124. The van der Waals surface area contributed by atoms with Crippen LogP contribution in [0.15, 0.2) is 24.3 Å². The number of aromatic nitrogens is 2. The average Bonchev–Trinajstić information content (AvgIpc) is 2.54. The van der Waals surface area contributed by atoms with Gasteiger partial charge in [0.2, 0.25) is 5.95 Å². The van der Waals surface area contributed by atoms with Crippen LogP contribution in [0.5, 0.6) is 0 Å². The van der Waals surface area contributed by atoms with Gasteiger partial charge in [0, 0.05) is 36.7 Å². The monoisotopic (exact) mass is 348 g/mol. The van der Waals surface area contributed by atoms with Crippen molar-refractivity contribution < 1.29 is 9.53 Å². The van der Waals surface area contributed by atoms with E-state index in [2.05, 4.69) is 20.6 Å². The summed E-state index contributed by atoms with van der Waals surface area (Å²) >= 11 is 6.08. The van der Waals surface area contributed by atoms with Gasteiger partial charge in [-0.2, -0.15) is 0 Å². The number of amides is 1. The molecule has 0 saturated carbocycles. The molecule has 0 aliphatic heterocycles. The van der Waals surface area contributed by atoms with Crippen molar-refractivity contribution in [2.45, 2.75) is 20.3 Å². The summed E-state index contributed by atoms with van der Waals surface area (Å²) in [6.45, 7) is 5.05. The maximum atomic E-state index is 12.4. The number of hydrogen-bond acceptors (Lipinski definition) is 5. The van der Waals surface area contributed by atoms with Crippen LogP contribution in [-0.2, 0) is 4.74 Å². The second-order valence-corrected chi connectivity index (χ2v) is 5.82. The molecule has 0 bridgehead atoms. The third-order valence-corrected chi connectivity index (χ3v) is 3.73. The van der Waals surface area contributed by atoms with Gasteiger partial charge < -0.3 is 15.4 Å². The fourth-order valence-electron chi connectivity index (χ4n) is 2.05. The van der Waals surface area contributed by atoms with E-state index in [9.17, 15) is 4.79 Å². The summed E-state index contributed by atoms with van der Waals surface area (Å²) in [5.41, 5.74) is 2.59. The Bertz CT molecular complexity index is 722. The third-order valence-electron chi connectivity index (χ3n) is 3.32. The number of aryl methyl sites for hydroxylation is 2. The second-order valence-electron chi connectivity index (χ2n) is 5.41. The van der Waals surface area contributed by atoms with Gasteiger partial charge in [0.1, 0.15) is 5.69 Å². The summed E-state index contributed by atoms with van der Waals surface area (Å²) in [4.78, 5) is 20.9. The van der Waals surface area contributed by atoms with Crippen LogP contribution in [0.1, 0.15) is 28.2 Å². The van der Waals surface area contributed by atoms with Crippen LogP contribution < -0.4 is 10.6 Å². The molecule has 128 valence electrons. The van der Waals surface area contributed by atoms with Gasteiger partial charge in [-0.3, -0.25) is 4.79 Å². The summed E-state index contributed by atoms with van der Waals surface area (Å²) in [6, 6.07) is 7.02. The number of anilines is 2. The van der Waals surface area contributed by atoms with Crippen LogP contribution in [0.2, 0.25) is 5.02 Å². The zero-order chi connectivity index (χ0) is 17.5. The van der Waals surface area contributed by atoms with E-state index < -0.39 is 0 Å². The molecule has 0 aliphatic rings. The van der Waals surface area contributed by atoms with Crippen molar-refractivity contribution in [2.24, 2.45) is 0 Å². The van der Waals surface area contributed by atoms with Gasteiger partial charge >= 0.3 is 0 Å². The number of halogens is 1. The summed E-state index contributed by atoms with van der Waals surface area (Å²) in [7, 11) is 1.66. The maximum Gasteiger partial charge on any atom is 0.274 e. The van der Waals surface area contributed by atoms with Crippen LogP contribution in [0.25, 0.3) is 0 Å². The zero-order valence-electron chi connectivity index (χ0n) is 14.0. The summed E-state index contributed by atoms with van der Waals surface area (Å²) < 4.78 is 4.99. The number of ether oxygens (including phenoxy) is 1. The molecular weight excluding hydrogens is 328 g/mol. The fourth-order valence-corrected chi connectivity index (χ4v) is 2.23. The fraction of sp³-hybridized carbons (Fsp3) is 0.353. The van der Waals surface area contributed by atoms with Crippen molar-refractivity contribution in [2.75, 3.05) is 30.9 Å². The molecule has 2 aromatic rings. The minimum Gasteiger partial charge on any atom is -0.385 e. The number of nitrogens with one attached hydrogen (secondary N) is 2. The Morgan fingerprint density at radius 1 is 1.25 bits per heavy atom. The molecule has 0 aliphatic carbocycles. The highest BCUT2D eigenvalue weighted by Crippen LogP contribution is 2.20. The highest BCUT2D eigenvalue weighted by atomic mass is 35.5. The van der Waals surface area contributed by atoms with Crippen LogP contribution in [0.3, 0.4) is 0 Å². The number of methoxy groups -OCH3 is 1. The summed E-state index contributed by atoms with van der Waals surface area (Å²) in [6.07, 6.45) is 0.831. The first kappa shape index (κ1) is 18.2. The van der Waals surface area contributed by atoms with Gasteiger partial charge in [-0.25, -0.2) is 9.97 Å². The Morgan fingerprint density at radius 3 is 2.75 bits per heavy atom. The number of hydrogen-bond donors (Lipinski definition) is 2. The van der Waals surface area contributed by atoms with Gasteiger partial charge in [-0.05, 0) is 44.0 Å². The van der Waals surface area contributed by atoms with Crippen molar-refractivity contribution in [1.82, 2.24) is 9.97 Å². The van der Waals surface area contributed by atoms with E-state index >= 15 is 0 Å². The minimum atomic E-state index is -0.305. The van der Waals surface area contributed by atoms with Crippen LogP contribution in [-0.4, -0.2) is 36.1 Å². The van der Waals surface area contributed by atoms with Gasteiger partial charge in [-0.1, -0.05) is 17.7 Å².